The number of rotatable bonds is 6. The van der Waals surface area contributed by atoms with Gasteiger partial charge in [-0.1, -0.05) is 47.0 Å². The molecule has 4 atom stereocenters. The molecular weight excluding hydrogens is 218 g/mol. The van der Waals surface area contributed by atoms with Crippen LogP contribution in [0.1, 0.15) is 79.6 Å². The van der Waals surface area contributed by atoms with Gasteiger partial charge < -0.3 is 5.32 Å². The van der Waals surface area contributed by atoms with Crippen molar-refractivity contribution < 1.29 is 0 Å². The second-order valence-electron chi connectivity index (χ2n) is 7.73. The third-order valence-corrected chi connectivity index (χ3v) is 6.52. The predicted molar refractivity (Wildman–Crippen MR) is 79.8 cm³/mol. The zero-order valence-electron chi connectivity index (χ0n) is 13.2. The number of fused-ring (bicyclic) bond motifs is 2. The van der Waals surface area contributed by atoms with E-state index in [0.717, 1.165) is 12.0 Å². The van der Waals surface area contributed by atoms with Crippen LogP contribution in [0.15, 0.2) is 0 Å². The summed E-state index contributed by atoms with van der Waals surface area (Å²) in [5.41, 5.74) is 1.09. The lowest BCUT2D eigenvalue weighted by Gasteiger charge is -2.40. The van der Waals surface area contributed by atoms with Gasteiger partial charge in [0.1, 0.15) is 0 Å². The Hall–Kier alpha value is -0.0400. The summed E-state index contributed by atoms with van der Waals surface area (Å²) in [5.74, 6) is 0.961. The molecule has 0 aromatic heterocycles. The van der Waals surface area contributed by atoms with Gasteiger partial charge in [0.25, 0.3) is 0 Å². The molecule has 0 aromatic rings. The Morgan fingerprint density at radius 3 is 2.44 bits per heavy atom. The maximum atomic E-state index is 3.97. The Balaban J connectivity index is 1.88. The fraction of sp³-hybridized carbons (Fsp3) is 1.00. The molecule has 1 nitrogen and oxygen atoms in total. The van der Waals surface area contributed by atoms with Crippen molar-refractivity contribution in [1.82, 2.24) is 5.32 Å². The van der Waals surface area contributed by atoms with Crippen molar-refractivity contribution in [3.8, 4) is 0 Å². The summed E-state index contributed by atoms with van der Waals surface area (Å²) < 4.78 is 0. The normalized spacial score (nSPS) is 39.2. The lowest BCUT2D eigenvalue weighted by atomic mass is 9.69. The van der Waals surface area contributed by atoms with Crippen LogP contribution in [-0.2, 0) is 0 Å². The molecule has 2 aliphatic carbocycles. The van der Waals surface area contributed by atoms with Gasteiger partial charge in [0.2, 0.25) is 0 Å². The minimum atomic E-state index is 0.538. The standard InChI is InChI=1S/C17H33N/c1-6-7-8-9-13(2)18-15-12-14-10-11-17(15,5)16(14,3)4/h13-15,18H,6-12H2,1-5H3. The van der Waals surface area contributed by atoms with Crippen LogP contribution in [0.25, 0.3) is 0 Å². The van der Waals surface area contributed by atoms with E-state index in [2.05, 4.69) is 39.9 Å². The molecule has 1 N–H and O–H groups in total. The lowest BCUT2D eigenvalue weighted by Crippen LogP contribution is -2.47. The highest BCUT2D eigenvalue weighted by Crippen LogP contribution is 2.65. The highest BCUT2D eigenvalue weighted by atomic mass is 15.0. The van der Waals surface area contributed by atoms with Gasteiger partial charge in [-0.25, -0.2) is 0 Å². The molecule has 0 aromatic carbocycles. The van der Waals surface area contributed by atoms with Crippen molar-refractivity contribution in [1.29, 1.82) is 0 Å². The SMILES string of the molecule is CCCCCC(C)NC1CC2CCC1(C)C2(C)C. The number of hydrogen-bond donors (Lipinski definition) is 1. The van der Waals surface area contributed by atoms with Crippen LogP contribution in [0.2, 0.25) is 0 Å². The number of nitrogens with one attached hydrogen (secondary N) is 1. The zero-order valence-corrected chi connectivity index (χ0v) is 13.2. The van der Waals surface area contributed by atoms with E-state index in [9.17, 15) is 0 Å². The van der Waals surface area contributed by atoms with Gasteiger partial charge in [-0.05, 0) is 49.4 Å². The Bertz CT molecular complexity index is 283. The molecule has 2 bridgehead atoms. The Morgan fingerprint density at radius 2 is 1.94 bits per heavy atom. The molecule has 106 valence electrons. The molecule has 4 unspecified atom stereocenters. The highest BCUT2D eigenvalue weighted by molar-refractivity contribution is 5.13. The van der Waals surface area contributed by atoms with Crippen LogP contribution in [0.3, 0.4) is 0 Å². The van der Waals surface area contributed by atoms with Crippen molar-refractivity contribution in [2.45, 2.75) is 91.6 Å². The summed E-state index contributed by atoms with van der Waals surface area (Å²) in [5, 5.41) is 3.97. The van der Waals surface area contributed by atoms with Crippen LogP contribution in [0.5, 0.6) is 0 Å². The molecule has 1 heteroatoms. The molecule has 2 saturated carbocycles. The van der Waals surface area contributed by atoms with Crippen LogP contribution < -0.4 is 5.32 Å². The van der Waals surface area contributed by atoms with E-state index < -0.39 is 0 Å². The molecule has 0 amide bonds. The molecule has 0 radical (unpaired) electrons. The van der Waals surface area contributed by atoms with Crippen LogP contribution in [-0.4, -0.2) is 12.1 Å². The lowest BCUT2D eigenvalue weighted by molar-refractivity contribution is 0.115. The van der Waals surface area contributed by atoms with E-state index in [1.165, 1.54) is 44.9 Å². The number of unbranched alkanes of at least 4 members (excludes halogenated alkanes) is 2. The van der Waals surface area contributed by atoms with E-state index in [0.29, 0.717) is 16.9 Å². The summed E-state index contributed by atoms with van der Waals surface area (Å²) in [6.07, 6.45) is 9.79. The zero-order chi connectivity index (χ0) is 13.4. The Morgan fingerprint density at radius 1 is 1.22 bits per heavy atom. The van der Waals surface area contributed by atoms with E-state index in [4.69, 9.17) is 0 Å². The minimum Gasteiger partial charge on any atom is -0.311 e. The summed E-state index contributed by atoms with van der Waals surface area (Å²) in [4.78, 5) is 0. The maximum absolute atomic E-state index is 3.97. The smallest absolute Gasteiger partial charge is 0.0131 e. The van der Waals surface area contributed by atoms with Gasteiger partial charge in [-0.15, -0.1) is 0 Å². The van der Waals surface area contributed by atoms with Crippen LogP contribution in [0, 0.1) is 16.7 Å². The summed E-state index contributed by atoms with van der Waals surface area (Å²) >= 11 is 0. The van der Waals surface area contributed by atoms with Crippen molar-refractivity contribution in [2.75, 3.05) is 0 Å². The molecule has 2 fully saturated rings. The summed E-state index contributed by atoms with van der Waals surface area (Å²) in [6, 6.07) is 1.47. The molecule has 0 saturated heterocycles. The second kappa shape index (κ2) is 5.15. The quantitative estimate of drug-likeness (QED) is 0.671. The third kappa shape index (κ3) is 2.24. The summed E-state index contributed by atoms with van der Waals surface area (Å²) in [6.45, 7) is 12.2. The van der Waals surface area contributed by atoms with Gasteiger partial charge in [0.05, 0.1) is 0 Å². The molecule has 0 aliphatic heterocycles. The van der Waals surface area contributed by atoms with Crippen molar-refractivity contribution in [3.63, 3.8) is 0 Å². The fourth-order valence-electron chi connectivity index (χ4n) is 4.58. The van der Waals surface area contributed by atoms with Crippen molar-refractivity contribution >= 4 is 0 Å². The van der Waals surface area contributed by atoms with Gasteiger partial charge in [0, 0.05) is 12.1 Å². The van der Waals surface area contributed by atoms with E-state index in [1.54, 1.807) is 0 Å². The molecule has 0 spiro atoms. The average molecular weight is 251 g/mol. The highest BCUT2D eigenvalue weighted by Gasteiger charge is 2.61. The first-order valence-corrected chi connectivity index (χ1v) is 8.18. The van der Waals surface area contributed by atoms with Gasteiger partial charge in [-0.3, -0.25) is 0 Å². The Labute approximate surface area is 114 Å². The van der Waals surface area contributed by atoms with Crippen LogP contribution in [0.4, 0.5) is 0 Å². The second-order valence-corrected chi connectivity index (χ2v) is 7.73. The monoisotopic (exact) mass is 251 g/mol. The van der Waals surface area contributed by atoms with Gasteiger partial charge in [-0.2, -0.15) is 0 Å². The Kier molecular flexibility index (Phi) is 4.11. The van der Waals surface area contributed by atoms with E-state index >= 15 is 0 Å². The topological polar surface area (TPSA) is 12.0 Å². The first-order valence-electron chi connectivity index (χ1n) is 8.18. The first kappa shape index (κ1) is 14.4. The molecular formula is C17H33N. The van der Waals surface area contributed by atoms with E-state index in [-0.39, 0.29) is 0 Å². The van der Waals surface area contributed by atoms with Crippen LogP contribution >= 0.6 is 0 Å². The van der Waals surface area contributed by atoms with Crippen molar-refractivity contribution in [3.05, 3.63) is 0 Å². The minimum absolute atomic E-state index is 0.538. The largest absolute Gasteiger partial charge is 0.311 e. The van der Waals surface area contributed by atoms with Gasteiger partial charge in [0.15, 0.2) is 0 Å². The molecule has 2 rings (SSSR count). The maximum Gasteiger partial charge on any atom is 0.0131 e. The van der Waals surface area contributed by atoms with Gasteiger partial charge >= 0.3 is 0 Å². The van der Waals surface area contributed by atoms with E-state index in [1.807, 2.05) is 0 Å². The summed E-state index contributed by atoms with van der Waals surface area (Å²) in [7, 11) is 0. The molecule has 0 heterocycles. The average Bonchev–Trinajstić information content (AvgIpc) is 2.62. The third-order valence-electron chi connectivity index (χ3n) is 6.52. The first-order chi connectivity index (χ1) is 8.41. The number of hydrogen-bond acceptors (Lipinski definition) is 1. The fourth-order valence-corrected chi connectivity index (χ4v) is 4.58. The predicted octanol–water partition coefficient (Wildman–Crippen LogP) is 4.76. The van der Waals surface area contributed by atoms with Crippen molar-refractivity contribution in [2.24, 2.45) is 16.7 Å². The molecule has 2 aliphatic rings. The molecule has 18 heavy (non-hydrogen) atoms.